The van der Waals surface area contributed by atoms with Gasteiger partial charge in [-0.3, -0.25) is 9.59 Å². The zero-order chi connectivity index (χ0) is 28.4. The Morgan fingerprint density at radius 2 is 2.00 bits per heavy atom. The molecular weight excluding hydrogens is 525 g/mol. The van der Waals surface area contributed by atoms with E-state index in [1.165, 1.54) is 18.2 Å². The molecule has 11 heteroatoms. The summed E-state index contributed by atoms with van der Waals surface area (Å²) < 4.78 is 47.3. The minimum Gasteiger partial charge on any atom is -0.508 e. The quantitative estimate of drug-likeness (QED) is 0.388. The molecule has 0 unspecified atom stereocenters. The first kappa shape index (κ1) is 26.1. The van der Waals surface area contributed by atoms with Crippen LogP contribution < -0.4 is 15.4 Å². The zero-order valence-corrected chi connectivity index (χ0v) is 21.8. The number of aromatic hydroxyl groups is 1. The highest BCUT2D eigenvalue weighted by atomic mass is 19.4. The Morgan fingerprint density at radius 1 is 1.20 bits per heavy atom. The van der Waals surface area contributed by atoms with E-state index in [4.69, 9.17) is 4.74 Å². The Bertz CT molecular complexity index is 1540. The summed E-state index contributed by atoms with van der Waals surface area (Å²) in [5.74, 6) is 0.738. The first-order valence-electron chi connectivity index (χ1n) is 12.9. The molecule has 3 atom stereocenters. The normalized spacial score (nSPS) is 22.7. The largest absolute Gasteiger partial charge is 0.508 e. The summed E-state index contributed by atoms with van der Waals surface area (Å²) in [6.45, 7) is 0.0967. The van der Waals surface area contributed by atoms with Gasteiger partial charge in [-0.15, -0.1) is 0 Å². The van der Waals surface area contributed by atoms with Gasteiger partial charge in [0.05, 0.1) is 11.1 Å². The Labute approximate surface area is 228 Å². The molecule has 0 bridgehead atoms. The van der Waals surface area contributed by atoms with Crippen LogP contribution in [-0.4, -0.2) is 46.4 Å². The molecule has 8 nitrogen and oxygen atoms in total. The van der Waals surface area contributed by atoms with E-state index in [1.807, 2.05) is 0 Å². The maximum absolute atomic E-state index is 13.7. The molecule has 0 radical (unpaired) electrons. The first-order chi connectivity index (χ1) is 19.0. The molecule has 6 rings (SSSR count). The molecule has 2 saturated carbocycles. The third-order valence-electron chi connectivity index (χ3n) is 7.85. The third-order valence-corrected chi connectivity index (χ3v) is 7.85. The van der Waals surface area contributed by atoms with Gasteiger partial charge < -0.3 is 25.4 Å². The monoisotopic (exact) mass is 552 g/mol. The topological polar surface area (TPSA) is 104 Å². The SMILES string of the molecule is CN(C)Cc1ccc(C(=O)N[C@@]23C[C@H]2[C@H]3c2cc(Oc3ccnc4c3CCC(=O)N4)ccc2O)cc1C(F)(F)F. The first-order valence-corrected chi connectivity index (χ1v) is 12.9. The Morgan fingerprint density at radius 3 is 2.73 bits per heavy atom. The Balaban J connectivity index is 1.20. The summed E-state index contributed by atoms with van der Waals surface area (Å²) in [7, 11) is 3.36. The van der Waals surface area contributed by atoms with E-state index in [-0.39, 0.29) is 41.2 Å². The zero-order valence-electron chi connectivity index (χ0n) is 21.8. The molecule has 40 heavy (non-hydrogen) atoms. The standard InChI is InChI=1S/C29H27F3N4O4/c1-36(2)14-16-4-3-15(11-20(16)29(30,31)32)27(39)35-28-13-21(28)25(28)19-12-17(5-7-22(19)37)40-23-9-10-33-26-18(23)6-8-24(38)34-26/h3-5,7,9-12,21,25,37H,6,8,13-14H2,1-2H3,(H,35,39)(H,33,34,38)/t21-,25+,28-/m0/s1. The van der Waals surface area contributed by atoms with Crippen molar-refractivity contribution in [3.05, 3.63) is 76.5 Å². The number of ether oxygens (including phenoxy) is 1. The van der Waals surface area contributed by atoms with E-state index >= 15 is 0 Å². The van der Waals surface area contributed by atoms with Gasteiger partial charge in [-0.2, -0.15) is 13.2 Å². The molecule has 0 saturated heterocycles. The van der Waals surface area contributed by atoms with Crippen LogP contribution in [0.1, 0.15) is 51.4 Å². The third kappa shape index (κ3) is 4.64. The van der Waals surface area contributed by atoms with Crippen molar-refractivity contribution in [1.29, 1.82) is 0 Å². The second-order valence-electron chi connectivity index (χ2n) is 10.9. The number of pyridine rings is 1. The van der Waals surface area contributed by atoms with Gasteiger partial charge in [-0.05, 0) is 74.8 Å². The number of hydrogen-bond acceptors (Lipinski definition) is 6. The van der Waals surface area contributed by atoms with E-state index < -0.39 is 23.2 Å². The number of halogens is 3. The molecule has 1 aliphatic heterocycles. The van der Waals surface area contributed by atoms with E-state index in [9.17, 15) is 27.9 Å². The Hall–Kier alpha value is -4.12. The number of nitrogens with one attached hydrogen (secondary N) is 2. The highest BCUT2D eigenvalue weighted by Gasteiger charge is 2.80. The number of fused-ring (bicyclic) bond motifs is 2. The fourth-order valence-electron chi connectivity index (χ4n) is 5.69. The van der Waals surface area contributed by atoms with Gasteiger partial charge in [-0.1, -0.05) is 6.07 Å². The number of nitrogens with zero attached hydrogens (tertiary/aromatic N) is 2. The van der Waals surface area contributed by atoms with Gasteiger partial charge in [0.2, 0.25) is 5.91 Å². The maximum atomic E-state index is 13.7. The number of hydrogen-bond donors (Lipinski definition) is 3. The summed E-state index contributed by atoms with van der Waals surface area (Å²) in [5, 5.41) is 16.3. The average Bonchev–Trinajstić information content (AvgIpc) is 3.75. The summed E-state index contributed by atoms with van der Waals surface area (Å²) in [6, 6.07) is 10.2. The molecule has 2 aromatic carbocycles. The predicted molar refractivity (Wildman–Crippen MR) is 139 cm³/mol. The lowest BCUT2D eigenvalue weighted by atomic mass is 9.99. The van der Waals surface area contributed by atoms with Gasteiger partial charge >= 0.3 is 6.18 Å². The van der Waals surface area contributed by atoms with E-state index in [0.29, 0.717) is 42.1 Å². The van der Waals surface area contributed by atoms with Crippen molar-refractivity contribution in [2.75, 3.05) is 19.4 Å². The van der Waals surface area contributed by atoms with E-state index in [1.54, 1.807) is 43.4 Å². The van der Waals surface area contributed by atoms with Gasteiger partial charge in [0.25, 0.3) is 5.91 Å². The van der Waals surface area contributed by atoms with Crippen molar-refractivity contribution < 1.29 is 32.6 Å². The molecule has 3 N–H and O–H groups in total. The van der Waals surface area contributed by atoms with Crippen LogP contribution >= 0.6 is 0 Å². The van der Waals surface area contributed by atoms with Crippen LogP contribution in [0.25, 0.3) is 0 Å². The summed E-state index contributed by atoms with van der Waals surface area (Å²) in [6.07, 6.45) is -1.56. The average molecular weight is 553 g/mol. The number of alkyl halides is 3. The number of phenols is 1. The van der Waals surface area contributed by atoms with E-state index in [2.05, 4.69) is 15.6 Å². The molecule has 2 amide bonds. The second kappa shape index (κ2) is 9.22. The molecule has 1 aromatic heterocycles. The van der Waals surface area contributed by atoms with Crippen molar-refractivity contribution in [2.24, 2.45) is 5.92 Å². The molecule has 2 fully saturated rings. The van der Waals surface area contributed by atoms with Crippen LogP contribution in [0.15, 0.2) is 48.7 Å². The number of amides is 2. The lowest BCUT2D eigenvalue weighted by molar-refractivity contribution is -0.138. The van der Waals surface area contributed by atoms with Crippen LogP contribution in [0.5, 0.6) is 17.2 Å². The number of carbonyl (C=O) groups is 2. The molecule has 3 aliphatic rings. The highest BCUT2D eigenvalue weighted by Crippen LogP contribution is 2.77. The van der Waals surface area contributed by atoms with Crippen molar-refractivity contribution in [3.8, 4) is 17.2 Å². The molecule has 0 spiro atoms. The predicted octanol–water partition coefficient (Wildman–Crippen LogP) is 4.83. The summed E-state index contributed by atoms with van der Waals surface area (Å²) >= 11 is 0. The summed E-state index contributed by atoms with van der Waals surface area (Å²) in [5.41, 5.74) is -0.0103. The van der Waals surface area contributed by atoms with Gasteiger partial charge in [0, 0.05) is 41.8 Å². The minimum absolute atomic E-state index is 0.0505. The number of phenolic OH excluding ortho intramolecular Hbond substituents is 1. The fourth-order valence-corrected chi connectivity index (χ4v) is 5.69. The lowest BCUT2D eigenvalue weighted by Crippen LogP contribution is -2.33. The maximum Gasteiger partial charge on any atom is 0.416 e. The number of aromatic nitrogens is 1. The smallest absolute Gasteiger partial charge is 0.416 e. The van der Waals surface area contributed by atoms with Gasteiger partial charge in [0.1, 0.15) is 23.1 Å². The molecule has 208 valence electrons. The van der Waals surface area contributed by atoms with Crippen LogP contribution in [-0.2, 0) is 23.9 Å². The summed E-state index contributed by atoms with van der Waals surface area (Å²) in [4.78, 5) is 30.6. The van der Waals surface area contributed by atoms with Crippen LogP contribution in [0.4, 0.5) is 19.0 Å². The number of benzene rings is 2. The van der Waals surface area contributed by atoms with Crippen LogP contribution in [0.3, 0.4) is 0 Å². The van der Waals surface area contributed by atoms with Gasteiger partial charge in [-0.25, -0.2) is 4.98 Å². The number of anilines is 1. The van der Waals surface area contributed by atoms with Crippen LogP contribution in [0.2, 0.25) is 0 Å². The highest BCUT2D eigenvalue weighted by molar-refractivity contribution is 5.96. The fraction of sp³-hybridized carbons (Fsp3) is 0.345. The second-order valence-corrected chi connectivity index (χ2v) is 10.9. The molecular formula is C29H27F3N4O4. The lowest BCUT2D eigenvalue weighted by Gasteiger charge is -2.20. The number of rotatable bonds is 7. The molecule has 3 aromatic rings. The van der Waals surface area contributed by atoms with Crippen molar-refractivity contribution in [3.63, 3.8) is 0 Å². The number of carbonyl (C=O) groups excluding carboxylic acids is 2. The van der Waals surface area contributed by atoms with Crippen LogP contribution in [0, 0.1) is 5.92 Å². The van der Waals surface area contributed by atoms with Crippen molar-refractivity contribution in [2.45, 2.75) is 43.4 Å². The van der Waals surface area contributed by atoms with Crippen molar-refractivity contribution >= 4 is 17.6 Å². The van der Waals surface area contributed by atoms with Crippen molar-refractivity contribution in [1.82, 2.24) is 15.2 Å². The Kier molecular flexibility index (Phi) is 6.02. The minimum atomic E-state index is -4.59. The molecule has 2 aliphatic carbocycles. The van der Waals surface area contributed by atoms with Gasteiger partial charge in [0.15, 0.2) is 0 Å². The molecule has 2 heterocycles. The van der Waals surface area contributed by atoms with E-state index in [0.717, 1.165) is 11.6 Å².